The molecule has 3 aliphatic rings. The topological polar surface area (TPSA) is 135 Å². The minimum absolute atomic E-state index is 0.0911. The molecule has 9 atom stereocenters. The van der Waals surface area contributed by atoms with Gasteiger partial charge < -0.3 is 28.6 Å². The van der Waals surface area contributed by atoms with Gasteiger partial charge in [-0.15, -0.1) is 0 Å². The van der Waals surface area contributed by atoms with Crippen molar-refractivity contribution in [2.24, 2.45) is 22.7 Å². The molecule has 0 amide bonds. The standard InChI is InChI=1S/C39H53NO10/c1-21-30(50-32(45)20-29(40(10)11)27-15-13-12-14-16-27)17-18-39(9)34(21)35(47-24(4)42)28-19-31(46-23(3)41)22(2)33(38(28,7)8)36(48-25(5)43)37(39)49-26(6)44/h12-16,28-31,34-37H,1,17-20H2,2-11H3/t28-,29+,30-,31-,34-,35+,36+,37-,39+/m0/s1. The third-order valence-electron chi connectivity index (χ3n) is 11.0. The summed E-state index contributed by atoms with van der Waals surface area (Å²) < 4.78 is 30.6. The lowest BCUT2D eigenvalue weighted by Crippen LogP contribution is -2.64. The van der Waals surface area contributed by atoms with E-state index in [4.69, 9.17) is 23.7 Å². The van der Waals surface area contributed by atoms with Crippen LogP contribution < -0.4 is 0 Å². The smallest absolute Gasteiger partial charge is 0.308 e. The van der Waals surface area contributed by atoms with E-state index in [0.717, 1.165) is 5.56 Å². The fourth-order valence-corrected chi connectivity index (χ4v) is 8.89. The van der Waals surface area contributed by atoms with Crippen molar-refractivity contribution in [2.45, 2.75) is 118 Å². The Morgan fingerprint density at radius 1 is 0.840 bits per heavy atom. The summed E-state index contributed by atoms with van der Waals surface area (Å²) in [5.41, 5.74) is 0.987. The summed E-state index contributed by atoms with van der Waals surface area (Å²) in [6.07, 6.45) is -3.36. The average molecular weight is 696 g/mol. The number of esters is 5. The largest absolute Gasteiger partial charge is 0.462 e. The molecule has 0 unspecified atom stereocenters. The zero-order chi connectivity index (χ0) is 37.3. The van der Waals surface area contributed by atoms with Crippen molar-refractivity contribution in [3.63, 3.8) is 0 Å². The minimum atomic E-state index is -1.06. The van der Waals surface area contributed by atoms with Crippen LogP contribution in [0.15, 0.2) is 53.6 Å². The Bertz CT molecular complexity index is 1530. The van der Waals surface area contributed by atoms with Crippen LogP contribution in [-0.4, -0.2) is 79.4 Å². The molecular formula is C39H53NO10. The van der Waals surface area contributed by atoms with Crippen molar-refractivity contribution in [2.75, 3.05) is 14.1 Å². The molecule has 1 aromatic rings. The van der Waals surface area contributed by atoms with Crippen LogP contribution in [0.1, 0.15) is 92.7 Å². The quantitative estimate of drug-likeness (QED) is 0.180. The van der Waals surface area contributed by atoms with E-state index < -0.39 is 83.0 Å². The van der Waals surface area contributed by atoms with Crippen LogP contribution in [0, 0.1) is 22.7 Å². The molecule has 0 N–H and O–H groups in total. The lowest BCUT2D eigenvalue weighted by atomic mass is 9.49. The Morgan fingerprint density at radius 2 is 1.42 bits per heavy atom. The predicted molar refractivity (Wildman–Crippen MR) is 184 cm³/mol. The van der Waals surface area contributed by atoms with E-state index >= 15 is 0 Å². The van der Waals surface area contributed by atoms with E-state index in [1.165, 1.54) is 27.7 Å². The summed E-state index contributed by atoms with van der Waals surface area (Å²) in [7, 11) is 3.81. The lowest BCUT2D eigenvalue weighted by molar-refractivity contribution is -0.205. The number of hydrogen-bond acceptors (Lipinski definition) is 11. The van der Waals surface area contributed by atoms with E-state index in [1.54, 1.807) is 0 Å². The number of ether oxygens (including phenoxy) is 5. The first-order chi connectivity index (χ1) is 23.3. The second-order valence-electron chi connectivity index (χ2n) is 15.1. The molecule has 50 heavy (non-hydrogen) atoms. The minimum Gasteiger partial charge on any atom is -0.462 e. The van der Waals surface area contributed by atoms with Crippen LogP contribution in [0.5, 0.6) is 0 Å². The van der Waals surface area contributed by atoms with E-state index in [0.29, 0.717) is 36.0 Å². The van der Waals surface area contributed by atoms with Gasteiger partial charge in [-0.3, -0.25) is 24.0 Å². The number of carbonyl (C=O) groups excluding carboxylic acids is 5. The van der Waals surface area contributed by atoms with Gasteiger partial charge in [-0.2, -0.15) is 0 Å². The van der Waals surface area contributed by atoms with Crippen molar-refractivity contribution >= 4 is 29.8 Å². The van der Waals surface area contributed by atoms with Gasteiger partial charge in [0, 0.05) is 51.0 Å². The first kappa shape index (κ1) is 38.8. The molecule has 4 rings (SSSR count). The predicted octanol–water partition coefficient (Wildman–Crippen LogP) is 5.67. The van der Waals surface area contributed by atoms with Gasteiger partial charge in [-0.1, -0.05) is 57.7 Å². The number of hydrogen-bond donors (Lipinski definition) is 0. The summed E-state index contributed by atoms with van der Waals surface area (Å²) in [6, 6.07) is 9.48. The SMILES string of the molecule is C=C1[C@@H](OC(=O)C[C@H](c2ccccc2)N(C)C)CC[C@@]2(C)[C@@H](OC(C)=O)[C@H](OC(C)=O)C3=C(C)[C@@H](OC(C)=O)C[C@@H]([C@@H](OC(C)=O)[C@H]12)C3(C)C. The monoisotopic (exact) mass is 695 g/mol. The molecule has 3 aliphatic carbocycles. The number of fused-ring (bicyclic) bond motifs is 3. The van der Waals surface area contributed by atoms with Crippen LogP contribution in [0.2, 0.25) is 0 Å². The Morgan fingerprint density at radius 3 is 1.96 bits per heavy atom. The molecule has 2 bridgehead atoms. The number of benzene rings is 1. The number of rotatable bonds is 9. The van der Waals surface area contributed by atoms with Gasteiger partial charge in [0.25, 0.3) is 0 Å². The third kappa shape index (κ3) is 7.82. The molecule has 274 valence electrons. The van der Waals surface area contributed by atoms with Crippen LogP contribution in [-0.2, 0) is 47.7 Å². The Kier molecular flexibility index (Phi) is 11.7. The zero-order valence-electron chi connectivity index (χ0n) is 31.1. The molecule has 0 saturated heterocycles. The summed E-state index contributed by atoms with van der Waals surface area (Å²) >= 11 is 0. The first-order valence-electron chi connectivity index (χ1n) is 17.3. The van der Waals surface area contributed by atoms with Crippen molar-refractivity contribution in [3.8, 4) is 0 Å². The van der Waals surface area contributed by atoms with Gasteiger partial charge in [0.2, 0.25) is 0 Å². The molecule has 0 aromatic heterocycles. The summed E-state index contributed by atoms with van der Waals surface area (Å²) in [5, 5.41) is 0. The maximum absolute atomic E-state index is 13.7. The molecular weight excluding hydrogens is 642 g/mol. The van der Waals surface area contributed by atoms with Crippen LogP contribution in [0.3, 0.4) is 0 Å². The van der Waals surface area contributed by atoms with Crippen molar-refractivity contribution < 1.29 is 47.7 Å². The first-order valence-corrected chi connectivity index (χ1v) is 17.3. The molecule has 1 aromatic carbocycles. The Labute approximate surface area is 295 Å². The lowest BCUT2D eigenvalue weighted by Gasteiger charge is -2.60. The van der Waals surface area contributed by atoms with Gasteiger partial charge in [-0.25, -0.2) is 0 Å². The Balaban J connectivity index is 1.87. The van der Waals surface area contributed by atoms with Gasteiger partial charge >= 0.3 is 29.8 Å². The average Bonchev–Trinajstić information content (AvgIpc) is 2.99. The maximum atomic E-state index is 13.7. The van der Waals surface area contributed by atoms with Gasteiger partial charge in [-0.05, 0) is 68.0 Å². The highest BCUT2D eigenvalue weighted by Crippen LogP contribution is 2.61. The molecule has 0 radical (unpaired) electrons. The van der Waals surface area contributed by atoms with Crippen molar-refractivity contribution in [1.82, 2.24) is 4.90 Å². The fourth-order valence-electron chi connectivity index (χ4n) is 8.89. The second-order valence-corrected chi connectivity index (χ2v) is 15.1. The highest BCUT2D eigenvalue weighted by molar-refractivity contribution is 5.71. The summed E-state index contributed by atoms with van der Waals surface area (Å²) in [5.74, 6) is -3.82. The third-order valence-corrected chi connectivity index (χ3v) is 11.0. The van der Waals surface area contributed by atoms with Gasteiger partial charge in [0.05, 0.1) is 6.42 Å². The second kappa shape index (κ2) is 15.1. The number of nitrogens with zero attached hydrogens (tertiary/aromatic N) is 1. The van der Waals surface area contributed by atoms with E-state index in [2.05, 4.69) is 6.58 Å². The molecule has 2 fully saturated rings. The van der Waals surface area contributed by atoms with Crippen molar-refractivity contribution in [3.05, 3.63) is 59.2 Å². The summed E-state index contributed by atoms with van der Waals surface area (Å²) in [6.45, 7) is 17.4. The molecule has 0 spiro atoms. The molecule has 11 heteroatoms. The van der Waals surface area contributed by atoms with Gasteiger partial charge in [0.15, 0.2) is 6.10 Å². The molecule has 2 saturated carbocycles. The van der Waals surface area contributed by atoms with Crippen LogP contribution in [0.4, 0.5) is 0 Å². The highest BCUT2D eigenvalue weighted by Gasteiger charge is 2.64. The maximum Gasteiger partial charge on any atom is 0.308 e. The van der Waals surface area contributed by atoms with Crippen molar-refractivity contribution in [1.29, 1.82) is 0 Å². The fraction of sp³-hybridized carbons (Fsp3) is 0.615. The van der Waals surface area contributed by atoms with E-state index in [-0.39, 0.29) is 12.5 Å². The highest BCUT2D eigenvalue weighted by atomic mass is 16.6. The number of carbonyl (C=O) groups is 5. The summed E-state index contributed by atoms with van der Waals surface area (Å²) in [4.78, 5) is 66.6. The molecule has 0 aliphatic heterocycles. The van der Waals surface area contributed by atoms with Gasteiger partial charge in [0.1, 0.15) is 24.4 Å². The van der Waals surface area contributed by atoms with Crippen LogP contribution in [0.25, 0.3) is 0 Å². The molecule has 11 nitrogen and oxygen atoms in total. The van der Waals surface area contributed by atoms with E-state index in [1.807, 2.05) is 77.0 Å². The Hall–Kier alpha value is -3.99. The van der Waals surface area contributed by atoms with Crippen LogP contribution >= 0.6 is 0 Å². The van der Waals surface area contributed by atoms with E-state index in [9.17, 15) is 24.0 Å². The molecule has 0 heterocycles. The zero-order valence-corrected chi connectivity index (χ0v) is 31.1. The normalized spacial score (nSPS) is 30.9.